The van der Waals surface area contributed by atoms with Crippen LogP contribution in [0.3, 0.4) is 0 Å². The molecule has 3 aromatic rings. The van der Waals surface area contributed by atoms with E-state index in [0.717, 1.165) is 36.2 Å². The van der Waals surface area contributed by atoms with Crippen LogP contribution in [0.25, 0.3) is 11.0 Å². The first kappa shape index (κ1) is 11.4. The fourth-order valence-corrected chi connectivity index (χ4v) is 2.53. The highest BCUT2D eigenvalue weighted by Crippen LogP contribution is 2.18. The van der Waals surface area contributed by atoms with Crippen molar-refractivity contribution in [3.05, 3.63) is 52.7 Å². The van der Waals surface area contributed by atoms with Crippen LogP contribution in [-0.2, 0) is 13.0 Å². The molecule has 0 atom stereocenters. The summed E-state index contributed by atoms with van der Waals surface area (Å²) in [6.45, 7) is 1.69. The number of fused-ring (bicyclic) bond motifs is 1. The molecule has 0 saturated carbocycles. The average Bonchev–Trinajstić information content (AvgIpc) is 3.03. The van der Waals surface area contributed by atoms with Gasteiger partial charge in [-0.05, 0) is 12.1 Å². The SMILES string of the molecule is c1ccc2oc(CNCCc3nccs3)cc2c1. The normalized spacial score (nSPS) is 11.1. The lowest BCUT2D eigenvalue weighted by Gasteiger charge is -1.99. The summed E-state index contributed by atoms with van der Waals surface area (Å²) >= 11 is 1.70. The molecule has 0 unspecified atom stereocenters. The highest BCUT2D eigenvalue weighted by molar-refractivity contribution is 7.09. The molecule has 3 nitrogen and oxygen atoms in total. The number of hydrogen-bond acceptors (Lipinski definition) is 4. The van der Waals surface area contributed by atoms with Crippen LogP contribution in [-0.4, -0.2) is 11.5 Å². The Morgan fingerprint density at radius 3 is 3.06 bits per heavy atom. The quantitative estimate of drug-likeness (QED) is 0.714. The van der Waals surface area contributed by atoms with Gasteiger partial charge in [-0.1, -0.05) is 18.2 Å². The van der Waals surface area contributed by atoms with Gasteiger partial charge in [-0.3, -0.25) is 0 Å². The number of nitrogens with one attached hydrogen (secondary N) is 1. The Morgan fingerprint density at radius 2 is 2.22 bits per heavy atom. The summed E-state index contributed by atoms with van der Waals surface area (Å²) in [5, 5.41) is 7.72. The Labute approximate surface area is 109 Å². The van der Waals surface area contributed by atoms with E-state index in [9.17, 15) is 0 Å². The number of aromatic nitrogens is 1. The number of thiazole rings is 1. The molecule has 92 valence electrons. The van der Waals surface area contributed by atoms with Gasteiger partial charge in [0.25, 0.3) is 0 Å². The Hall–Kier alpha value is -1.65. The predicted molar refractivity (Wildman–Crippen MR) is 73.7 cm³/mol. The number of hydrogen-bond donors (Lipinski definition) is 1. The van der Waals surface area contributed by atoms with Crippen molar-refractivity contribution in [2.45, 2.75) is 13.0 Å². The van der Waals surface area contributed by atoms with E-state index < -0.39 is 0 Å². The van der Waals surface area contributed by atoms with Crippen molar-refractivity contribution in [2.75, 3.05) is 6.54 Å². The fourth-order valence-electron chi connectivity index (χ4n) is 1.91. The second-order valence-electron chi connectivity index (χ2n) is 4.10. The molecule has 0 aliphatic carbocycles. The number of para-hydroxylation sites is 1. The van der Waals surface area contributed by atoms with Gasteiger partial charge >= 0.3 is 0 Å². The summed E-state index contributed by atoms with van der Waals surface area (Å²) in [6.07, 6.45) is 2.82. The van der Waals surface area contributed by atoms with Gasteiger partial charge in [0.05, 0.1) is 11.6 Å². The van der Waals surface area contributed by atoms with Crippen molar-refractivity contribution in [3.8, 4) is 0 Å². The van der Waals surface area contributed by atoms with Gasteiger partial charge in [-0.2, -0.15) is 0 Å². The van der Waals surface area contributed by atoms with Crippen molar-refractivity contribution in [3.63, 3.8) is 0 Å². The van der Waals surface area contributed by atoms with Crippen LogP contribution in [0, 0.1) is 0 Å². The molecule has 0 amide bonds. The first-order valence-electron chi connectivity index (χ1n) is 5.98. The lowest BCUT2D eigenvalue weighted by atomic mass is 10.2. The first-order valence-corrected chi connectivity index (χ1v) is 6.86. The van der Waals surface area contributed by atoms with Crippen LogP contribution in [0.2, 0.25) is 0 Å². The Kier molecular flexibility index (Phi) is 3.39. The highest BCUT2D eigenvalue weighted by atomic mass is 32.1. The molecule has 1 N–H and O–H groups in total. The van der Waals surface area contributed by atoms with E-state index >= 15 is 0 Å². The molecule has 0 aliphatic heterocycles. The molecule has 2 heterocycles. The van der Waals surface area contributed by atoms with E-state index in [1.807, 2.05) is 29.8 Å². The van der Waals surface area contributed by atoms with Gasteiger partial charge in [0, 0.05) is 29.9 Å². The van der Waals surface area contributed by atoms with Crippen molar-refractivity contribution in [2.24, 2.45) is 0 Å². The Balaban J connectivity index is 1.53. The molecule has 0 fully saturated rings. The largest absolute Gasteiger partial charge is 0.460 e. The van der Waals surface area contributed by atoms with E-state index in [2.05, 4.69) is 22.4 Å². The van der Waals surface area contributed by atoms with E-state index in [1.165, 1.54) is 5.01 Å². The van der Waals surface area contributed by atoms with E-state index in [0.29, 0.717) is 0 Å². The molecule has 0 bridgehead atoms. The number of benzene rings is 1. The summed E-state index contributed by atoms with van der Waals surface area (Å²) < 4.78 is 5.73. The second-order valence-corrected chi connectivity index (χ2v) is 5.08. The minimum atomic E-state index is 0.764. The second kappa shape index (κ2) is 5.33. The molecule has 0 spiro atoms. The maximum absolute atomic E-state index is 5.73. The maximum atomic E-state index is 5.73. The number of furan rings is 1. The summed E-state index contributed by atoms with van der Waals surface area (Å²) in [4.78, 5) is 4.25. The predicted octanol–water partition coefficient (Wildman–Crippen LogP) is 3.22. The number of rotatable bonds is 5. The van der Waals surface area contributed by atoms with Crippen LogP contribution in [0.5, 0.6) is 0 Å². The van der Waals surface area contributed by atoms with Crippen molar-refractivity contribution < 1.29 is 4.42 Å². The summed E-state index contributed by atoms with van der Waals surface area (Å²) in [6, 6.07) is 10.2. The Morgan fingerprint density at radius 1 is 1.28 bits per heavy atom. The van der Waals surface area contributed by atoms with Crippen molar-refractivity contribution in [1.82, 2.24) is 10.3 Å². The molecule has 3 rings (SSSR count). The van der Waals surface area contributed by atoms with Gasteiger partial charge in [0.15, 0.2) is 0 Å². The molecule has 1 aromatic carbocycles. The minimum Gasteiger partial charge on any atom is -0.460 e. The standard InChI is InChI=1S/C14H14N2OS/c1-2-4-13-11(3-1)9-12(17-13)10-15-6-5-14-16-7-8-18-14/h1-4,7-9,15H,5-6,10H2. The van der Waals surface area contributed by atoms with Crippen molar-refractivity contribution >= 4 is 22.3 Å². The van der Waals surface area contributed by atoms with Crippen LogP contribution < -0.4 is 5.32 Å². The monoisotopic (exact) mass is 258 g/mol. The highest BCUT2D eigenvalue weighted by Gasteiger charge is 2.02. The smallest absolute Gasteiger partial charge is 0.134 e. The third-order valence-electron chi connectivity index (χ3n) is 2.77. The zero-order valence-electron chi connectivity index (χ0n) is 9.93. The van der Waals surface area contributed by atoms with Crippen LogP contribution in [0.15, 0.2) is 46.3 Å². The molecule has 2 aromatic heterocycles. The topological polar surface area (TPSA) is 38.1 Å². The summed E-state index contributed by atoms with van der Waals surface area (Å²) in [5.41, 5.74) is 0.953. The zero-order chi connectivity index (χ0) is 12.2. The molecule has 0 aliphatic rings. The van der Waals surface area contributed by atoms with Gasteiger partial charge in [-0.25, -0.2) is 4.98 Å². The molecule has 4 heteroatoms. The molecular weight excluding hydrogens is 244 g/mol. The maximum Gasteiger partial charge on any atom is 0.134 e. The lowest BCUT2D eigenvalue weighted by molar-refractivity contribution is 0.515. The number of nitrogens with zero attached hydrogens (tertiary/aromatic N) is 1. The Bertz CT molecular complexity index is 583. The fraction of sp³-hybridized carbons (Fsp3) is 0.214. The van der Waals surface area contributed by atoms with Crippen LogP contribution in [0.4, 0.5) is 0 Å². The van der Waals surface area contributed by atoms with Crippen LogP contribution in [0.1, 0.15) is 10.8 Å². The summed E-state index contributed by atoms with van der Waals surface area (Å²) in [7, 11) is 0. The lowest BCUT2D eigenvalue weighted by Crippen LogP contribution is -2.16. The van der Waals surface area contributed by atoms with Gasteiger partial charge in [0.1, 0.15) is 11.3 Å². The molecule has 0 saturated heterocycles. The van der Waals surface area contributed by atoms with Gasteiger partial charge < -0.3 is 9.73 Å². The van der Waals surface area contributed by atoms with E-state index in [-0.39, 0.29) is 0 Å². The van der Waals surface area contributed by atoms with Crippen LogP contribution >= 0.6 is 11.3 Å². The average molecular weight is 258 g/mol. The van der Waals surface area contributed by atoms with Gasteiger partial charge in [0.2, 0.25) is 0 Å². The van der Waals surface area contributed by atoms with Gasteiger partial charge in [-0.15, -0.1) is 11.3 Å². The van der Waals surface area contributed by atoms with E-state index in [1.54, 1.807) is 11.3 Å². The zero-order valence-corrected chi connectivity index (χ0v) is 10.7. The van der Waals surface area contributed by atoms with Crippen molar-refractivity contribution in [1.29, 1.82) is 0 Å². The third-order valence-corrected chi connectivity index (χ3v) is 3.61. The molecular formula is C14H14N2OS. The minimum absolute atomic E-state index is 0.764. The summed E-state index contributed by atoms with van der Waals surface area (Å²) in [5.74, 6) is 0.982. The molecule has 18 heavy (non-hydrogen) atoms. The van der Waals surface area contributed by atoms with E-state index in [4.69, 9.17) is 4.42 Å². The first-order chi connectivity index (χ1) is 8.92. The molecule has 0 radical (unpaired) electrons. The third kappa shape index (κ3) is 2.60.